The van der Waals surface area contributed by atoms with E-state index in [1.165, 1.54) is 0 Å². The highest BCUT2D eigenvalue weighted by atomic mass is 15.2. The van der Waals surface area contributed by atoms with Gasteiger partial charge in [0.15, 0.2) is 0 Å². The van der Waals surface area contributed by atoms with E-state index >= 15 is 0 Å². The summed E-state index contributed by atoms with van der Waals surface area (Å²) in [6, 6.07) is 2.01. The molecule has 0 saturated carbocycles. The first-order chi connectivity index (χ1) is 7.24. The summed E-state index contributed by atoms with van der Waals surface area (Å²) in [6.45, 7) is 7.48. The molecular formula is C11H18N4. The molecule has 2 rings (SSSR count). The molecule has 0 aliphatic carbocycles. The van der Waals surface area contributed by atoms with Gasteiger partial charge < -0.3 is 4.90 Å². The Balaban J connectivity index is 1.92. The highest BCUT2D eigenvalue weighted by molar-refractivity contribution is 5.01. The second-order valence-corrected chi connectivity index (χ2v) is 4.17. The third-order valence-corrected chi connectivity index (χ3v) is 2.82. The maximum absolute atomic E-state index is 4.42. The van der Waals surface area contributed by atoms with Crippen LogP contribution < -0.4 is 0 Å². The number of aromatic nitrogens is 2. The van der Waals surface area contributed by atoms with Crippen molar-refractivity contribution in [1.82, 2.24) is 19.8 Å². The molecule has 0 unspecified atom stereocenters. The minimum Gasteiger partial charge on any atom is -0.304 e. The summed E-state index contributed by atoms with van der Waals surface area (Å²) in [4.78, 5) is 13.3. The summed E-state index contributed by atoms with van der Waals surface area (Å²) in [7, 11) is 2.17. The maximum atomic E-state index is 4.42. The molecular weight excluding hydrogens is 188 g/mol. The van der Waals surface area contributed by atoms with Crippen LogP contribution in [0.5, 0.6) is 0 Å². The van der Waals surface area contributed by atoms with Gasteiger partial charge in [-0.2, -0.15) is 0 Å². The fourth-order valence-electron chi connectivity index (χ4n) is 1.83. The first-order valence-corrected chi connectivity index (χ1v) is 5.43. The predicted octanol–water partition coefficient (Wildman–Crippen LogP) is 0.532. The molecule has 0 radical (unpaired) electrons. The van der Waals surface area contributed by atoms with Crippen molar-refractivity contribution < 1.29 is 0 Å². The van der Waals surface area contributed by atoms with Gasteiger partial charge in [0.05, 0.1) is 5.69 Å². The minimum absolute atomic E-state index is 0.863. The molecule has 1 saturated heterocycles. The van der Waals surface area contributed by atoms with E-state index in [-0.39, 0.29) is 0 Å². The van der Waals surface area contributed by atoms with Gasteiger partial charge in [-0.05, 0) is 20.0 Å². The van der Waals surface area contributed by atoms with Crippen LogP contribution in [0.2, 0.25) is 0 Å². The molecule has 0 spiro atoms. The van der Waals surface area contributed by atoms with Gasteiger partial charge in [0.2, 0.25) is 0 Å². The van der Waals surface area contributed by atoms with E-state index in [1.54, 1.807) is 0 Å². The molecule has 0 amide bonds. The van der Waals surface area contributed by atoms with Crippen molar-refractivity contribution in [1.29, 1.82) is 0 Å². The zero-order valence-corrected chi connectivity index (χ0v) is 9.48. The highest BCUT2D eigenvalue weighted by Crippen LogP contribution is 2.05. The van der Waals surface area contributed by atoms with Crippen LogP contribution in [-0.2, 0) is 6.54 Å². The molecule has 82 valence electrons. The first-order valence-electron chi connectivity index (χ1n) is 5.43. The van der Waals surface area contributed by atoms with Crippen molar-refractivity contribution in [3.05, 3.63) is 23.8 Å². The highest BCUT2D eigenvalue weighted by Gasteiger charge is 2.14. The Kier molecular flexibility index (Phi) is 3.28. The van der Waals surface area contributed by atoms with Gasteiger partial charge in [-0.15, -0.1) is 0 Å². The van der Waals surface area contributed by atoms with Crippen molar-refractivity contribution in [2.75, 3.05) is 33.2 Å². The number of nitrogens with zero attached hydrogens (tertiary/aromatic N) is 4. The molecule has 4 nitrogen and oxygen atoms in total. The molecule has 0 bridgehead atoms. The SMILES string of the molecule is Cc1nccc(CN2CCN(C)CC2)n1. The molecule has 0 atom stereocenters. The van der Waals surface area contributed by atoms with Crippen LogP contribution in [0.1, 0.15) is 11.5 Å². The third kappa shape index (κ3) is 2.97. The summed E-state index contributed by atoms with van der Waals surface area (Å²) >= 11 is 0. The van der Waals surface area contributed by atoms with E-state index in [0.29, 0.717) is 0 Å². The summed E-state index contributed by atoms with van der Waals surface area (Å²) < 4.78 is 0. The topological polar surface area (TPSA) is 32.3 Å². The number of rotatable bonds is 2. The normalized spacial score (nSPS) is 19.3. The fraction of sp³-hybridized carbons (Fsp3) is 0.636. The van der Waals surface area contributed by atoms with Gasteiger partial charge in [0.1, 0.15) is 5.82 Å². The van der Waals surface area contributed by atoms with Crippen LogP contribution in [-0.4, -0.2) is 53.0 Å². The lowest BCUT2D eigenvalue weighted by atomic mass is 10.3. The number of likely N-dealkylation sites (N-methyl/N-ethyl adjacent to an activating group) is 1. The zero-order valence-electron chi connectivity index (χ0n) is 9.48. The monoisotopic (exact) mass is 206 g/mol. The largest absolute Gasteiger partial charge is 0.304 e. The smallest absolute Gasteiger partial charge is 0.125 e. The van der Waals surface area contributed by atoms with Gasteiger partial charge in [-0.1, -0.05) is 0 Å². The number of piperazine rings is 1. The Morgan fingerprint density at radius 3 is 2.67 bits per heavy atom. The van der Waals surface area contributed by atoms with E-state index < -0.39 is 0 Å². The molecule has 4 heteroatoms. The lowest BCUT2D eigenvalue weighted by Crippen LogP contribution is -2.44. The standard InChI is InChI=1S/C11H18N4/c1-10-12-4-3-11(13-10)9-15-7-5-14(2)6-8-15/h3-4H,5-9H2,1-2H3. The van der Waals surface area contributed by atoms with Crippen molar-refractivity contribution in [3.63, 3.8) is 0 Å². The second-order valence-electron chi connectivity index (χ2n) is 4.17. The number of hydrogen-bond acceptors (Lipinski definition) is 4. The van der Waals surface area contributed by atoms with Crippen LogP contribution in [0.3, 0.4) is 0 Å². The average molecular weight is 206 g/mol. The Morgan fingerprint density at radius 2 is 2.00 bits per heavy atom. The molecule has 1 aromatic rings. The molecule has 1 aromatic heterocycles. The average Bonchev–Trinajstić information content (AvgIpc) is 2.22. The molecule has 1 aliphatic rings. The predicted molar refractivity (Wildman–Crippen MR) is 59.5 cm³/mol. The molecule has 0 N–H and O–H groups in total. The fourth-order valence-corrected chi connectivity index (χ4v) is 1.83. The maximum Gasteiger partial charge on any atom is 0.125 e. The molecule has 1 aliphatic heterocycles. The summed E-state index contributed by atoms with van der Waals surface area (Å²) in [6.07, 6.45) is 1.84. The Hall–Kier alpha value is -1.00. The van der Waals surface area contributed by atoms with Crippen molar-refractivity contribution in [3.8, 4) is 0 Å². The second kappa shape index (κ2) is 4.68. The Bertz CT molecular complexity index is 318. The van der Waals surface area contributed by atoms with Crippen molar-refractivity contribution in [2.45, 2.75) is 13.5 Å². The summed E-state index contributed by atoms with van der Waals surface area (Å²) in [5.74, 6) is 0.863. The lowest BCUT2D eigenvalue weighted by Gasteiger charge is -2.32. The van der Waals surface area contributed by atoms with Crippen molar-refractivity contribution >= 4 is 0 Å². The van der Waals surface area contributed by atoms with Crippen LogP contribution in [0.15, 0.2) is 12.3 Å². The summed E-state index contributed by atoms with van der Waals surface area (Å²) in [5, 5.41) is 0. The lowest BCUT2D eigenvalue weighted by molar-refractivity contribution is 0.147. The number of hydrogen-bond donors (Lipinski definition) is 0. The van der Waals surface area contributed by atoms with Gasteiger partial charge in [-0.3, -0.25) is 4.90 Å². The molecule has 15 heavy (non-hydrogen) atoms. The van der Waals surface area contributed by atoms with Crippen LogP contribution in [0, 0.1) is 6.92 Å². The van der Waals surface area contributed by atoms with Gasteiger partial charge in [0, 0.05) is 38.9 Å². The third-order valence-electron chi connectivity index (χ3n) is 2.82. The Morgan fingerprint density at radius 1 is 1.27 bits per heavy atom. The molecule has 0 aromatic carbocycles. The van der Waals surface area contributed by atoms with E-state index in [4.69, 9.17) is 0 Å². The van der Waals surface area contributed by atoms with Crippen LogP contribution >= 0.6 is 0 Å². The summed E-state index contributed by atoms with van der Waals surface area (Å²) in [5.41, 5.74) is 1.13. The quantitative estimate of drug-likeness (QED) is 0.706. The molecule has 1 fully saturated rings. The van der Waals surface area contributed by atoms with Crippen LogP contribution in [0.4, 0.5) is 0 Å². The van der Waals surface area contributed by atoms with E-state index in [1.807, 2.05) is 19.2 Å². The number of aryl methyl sites for hydroxylation is 1. The Labute approximate surface area is 90.9 Å². The van der Waals surface area contributed by atoms with Crippen LogP contribution in [0.25, 0.3) is 0 Å². The van der Waals surface area contributed by atoms with Gasteiger partial charge in [0.25, 0.3) is 0 Å². The zero-order chi connectivity index (χ0) is 10.7. The van der Waals surface area contributed by atoms with Gasteiger partial charge >= 0.3 is 0 Å². The van der Waals surface area contributed by atoms with E-state index in [0.717, 1.165) is 44.2 Å². The first kappa shape index (κ1) is 10.5. The minimum atomic E-state index is 0.863. The van der Waals surface area contributed by atoms with E-state index in [9.17, 15) is 0 Å². The molecule has 2 heterocycles. The van der Waals surface area contributed by atoms with Gasteiger partial charge in [-0.25, -0.2) is 9.97 Å². The van der Waals surface area contributed by atoms with E-state index in [2.05, 4.69) is 26.8 Å². The van der Waals surface area contributed by atoms with Crippen molar-refractivity contribution in [2.24, 2.45) is 0 Å².